The maximum absolute atomic E-state index is 5.14. The molecule has 2 nitrogen and oxygen atoms in total. The van der Waals surface area contributed by atoms with E-state index >= 15 is 0 Å². The van der Waals surface area contributed by atoms with Crippen molar-refractivity contribution in [1.29, 1.82) is 0 Å². The van der Waals surface area contributed by atoms with Crippen molar-refractivity contribution in [3.05, 3.63) is 181 Å². The first-order chi connectivity index (χ1) is 24.6. The maximum Gasteiger partial charge on any atom is 0.145 e. The summed E-state index contributed by atoms with van der Waals surface area (Å²) in [6.45, 7) is 4.74. The molecular formula is C48H34N2. The Bertz CT molecular complexity index is 2750. The van der Waals surface area contributed by atoms with Crippen LogP contribution >= 0.6 is 0 Å². The molecule has 0 spiro atoms. The van der Waals surface area contributed by atoms with Gasteiger partial charge in [0.25, 0.3) is 0 Å². The molecule has 8 aromatic carbocycles. The fourth-order valence-electron chi connectivity index (χ4n) is 8.44. The van der Waals surface area contributed by atoms with Gasteiger partial charge >= 0.3 is 0 Å². The van der Waals surface area contributed by atoms with Crippen molar-refractivity contribution >= 4 is 32.6 Å². The molecule has 0 amide bonds. The Kier molecular flexibility index (Phi) is 6.25. The summed E-state index contributed by atoms with van der Waals surface area (Å²) in [6.07, 6.45) is 0. The van der Waals surface area contributed by atoms with Gasteiger partial charge in [0.1, 0.15) is 5.82 Å². The van der Waals surface area contributed by atoms with Crippen LogP contribution in [0.3, 0.4) is 0 Å². The number of para-hydroxylation sites is 3. The molecular weight excluding hydrogens is 605 g/mol. The van der Waals surface area contributed by atoms with Crippen molar-refractivity contribution in [2.24, 2.45) is 0 Å². The predicted octanol–water partition coefficient (Wildman–Crippen LogP) is 12.6. The Hall–Kier alpha value is -6.25. The van der Waals surface area contributed by atoms with E-state index in [-0.39, 0.29) is 5.41 Å². The van der Waals surface area contributed by atoms with Crippen LogP contribution in [0.2, 0.25) is 0 Å². The predicted molar refractivity (Wildman–Crippen MR) is 210 cm³/mol. The van der Waals surface area contributed by atoms with E-state index in [1.54, 1.807) is 0 Å². The third-order valence-electron chi connectivity index (χ3n) is 10.8. The molecule has 0 fully saturated rings. The monoisotopic (exact) mass is 638 g/mol. The van der Waals surface area contributed by atoms with Gasteiger partial charge in [-0.3, -0.25) is 4.57 Å². The third-order valence-corrected chi connectivity index (χ3v) is 10.8. The van der Waals surface area contributed by atoms with Crippen LogP contribution in [0, 0.1) is 0 Å². The molecule has 0 radical (unpaired) electrons. The minimum atomic E-state index is -0.101. The summed E-state index contributed by atoms with van der Waals surface area (Å²) in [7, 11) is 0. The number of rotatable bonds is 4. The van der Waals surface area contributed by atoms with Gasteiger partial charge in [0.15, 0.2) is 0 Å². The summed E-state index contributed by atoms with van der Waals surface area (Å²) in [4.78, 5) is 5.14. The Morgan fingerprint density at radius 1 is 0.440 bits per heavy atom. The van der Waals surface area contributed by atoms with E-state index in [1.807, 2.05) is 0 Å². The average Bonchev–Trinajstić information content (AvgIpc) is 3.66. The van der Waals surface area contributed by atoms with Crippen LogP contribution in [0.5, 0.6) is 0 Å². The smallest absolute Gasteiger partial charge is 0.145 e. The zero-order chi connectivity index (χ0) is 33.4. The molecule has 0 aliphatic heterocycles. The minimum absolute atomic E-state index is 0.101. The summed E-state index contributed by atoms with van der Waals surface area (Å²) in [5.74, 6) is 0.940. The zero-order valence-electron chi connectivity index (χ0n) is 28.1. The normalized spacial score (nSPS) is 13.2. The lowest BCUT2D eigenvalue weighted by molar-refractivity contribution is 0.661. The first-order valence-electron chi connectivity index (χ1n) is 17.4. The second-order valence-electron chi connectivity index (χ2n) is 13.9. The maximum atomic E-state index is 5.14. The second kappa shape index (κ2) is 10.9. The van der Waals surface area contributed by atoms with Gasteiger partial charge in [-0.25, -0.2) is 4.98 Å². The standard InChI is InChI=1S/C48H34N2/c1-48(2)41-22-12-11-19-35(41)38-29-39-40(30-42(38)48)46(37-21-10-9-20-36(37)45(39)31-15-5-3-6-16-31)32-25-27-33(28-26-32)47-49-43-23-13-14-24-44(43)50(47)34-17-7-4-8-18-34/h3-30H,1-2H3. The van der Waals surface area contributed by atoms with E-state index in [0.29, 0.717) is 0 Å². The number of benzene rings is 8. The van der Waals surface area contributed by atoms with Gasteiger partial charge in [-0.05, 0) is 102 Å². The van der Waals surface area contributed by atoms with Crippen molar-refractivity contribution < 1.29 is 0 Å². The van der Waals surface area contributed by atoms with E-state index in [9.17, 15) is 0 Å². The van der Waals surface area contributed by atoms with Crippen molar-refractivity contribution in [2.45, 2.75) is 19.3 Å². The average molecular weight is 639 g/mol. The Morgan fingerprint density at radius 3 is 1.74 bits per heavy atom. The number of aromatic nitrogens is 2. The molecule has 0 saturated carbocycles. The molecule has 1 aliphatic carbocycles. The van der Waals surface area contributed by atoms with E-state index in [1.165, 1.54) is 66.1 Å². The fourth-order valence-corrected chi connectivity index (χ4v) is 8.44. The van der Waals surface area contributed by atoms with Crippen LogP contribution < -0.4 is 0 Å². The van der Waals surface area contributed by atoms with Crippen LogP contribution in [-0.4, -0.2) is 9.55 Å². The lowest BCUT2D eigenvalue weighted by Crippen LogP contribution is -2.14. The summed E-state index contributed by atoms with van der Waals surface area (Å²) in [5.41, 5.74) is 14.6. The number of hydrogen-bond donors (Lipinski definition) is 0. The van der Waals surface area contributed by atoms with Crippen molar-refractivity contribution in [2.75, 3.05) is 0 Å². The minimum Gasteiger partial charge on any atom is -0.292 e. The second-order valence-corrected chi connectivity index (χ2v) is 13.9. The molecule has 9 aromatic rings. The van der Waals surface area contributed by atoms with Crippen LogP contribution in [-0.2, 0) is 5.41 Å². The van der Waals surface area contributed by atoms with E-state index in [2.05, 4.69) is 188 Å². The highest BCUT2D eigenvalue weighted by Gasteiger charge is 2.36. The number of fused-ring (bicyclic) bond motifs is 6. The lowest BCUT2D eigenvalue weighted by atomic mass is 9.79. The third kappa shape index (κ3) is 4.18. The highest BCUT2D eigenvalue weighted by molar-refractivity contribution is 6.22. The quantitative estimate of drug-likeness (QED) is 0.175. The molecule has 1 heterocycles. The van der Waals surface area contributed by atoms with E-state index < -0.39 is 0 Å². The molecule has 1 aromatic heterocycles. The number of nitrogens with zero attached hydrogens (tertiary/aromatic N) is 2. The molecule has 50 heavy (non-hydrogen) atoms. The van der Waals surface area contributed by atoms with E-state index in [0.717, 1.165) is 28.1 Å². The van der Waals surface area contributed by atoms with Gasteiger partial charge in [0.2, 0.25) is 0 Å². The summed E-state index contributed by atoms with van der Waals surface area (Å²) in [6, 6.07) is 61.8. The Labute approximate surface area is 291 Å². The summed E-state index contributed by atoms with van der Waals surface area (Å²) < 4.78 is 2.27. The molecule has 0 atom stereocenters. The van der Waals surface area contributed by atoms with Gasteiger partial charge in [0, 0.05) is 16.7 Å². The molecule has 0 unspecified atom stereocenters. The lowest BCUT2D eigenvalue weighted by Gasteiger charge is -2.24. The molecule has 0 N–H and O–H groups in total. The largest absolute Gasteiger partial charge is 0.292 e. The molecule has 0 bridgehead atoms. The van der Waals surface area contributed by atoms with Gasteiger partial charge in [-0.15, -0.1) is 0 Å². The van der Waals surface area contributed by atoms with Crippen molar-refractivity contribution in [3.63, 3.8) is 0 Å². The molecule has 236 valence electrons. The molecule has 0 saturated heterocycles. The first kappa shape index (κ1) is 28.7. The van der Waals surface area contributed by atoms with Crippen molar-refractivity contribution in [3.8, 4) is 50.5 Å². The molecule has 10 rings (SSSR count). The zero-order valence-corrected chi connectivity index (χ0v) is 28.1. The van der Waals surface area contributed by atoms with Gasteiger partial charge in [-0.1, -0.05) is 147 Å². The Balaban J connectivity index is 1.24. The fraction of sp³-hybridized carbons (Fsp3) is 0.0625. The van der Waals surface area contributed by atoms with Gasteiger partial charge in [-0.2, -0.15) is 0 Å². The Morgan fingerprint density at radius 2 is 1.00 bits per heavy atom. The van der Waals surface area contributed by atoms with Crippen LogP contribution in [0.4, 0.5) is 0 Å². The van der Waals surface area contributed by atoms with Crippen LogP contribution in [0.25, 0.3) is 83.0 Å². The van der Waals surface area contributed by atoms with Crippen LogP contribution in [0.15, 0.2) is 170 Å². The summed E-state index contributed by atoms with van der Waals surface area (Å²) in [5, 5.41) is 5.09. The summed E-state index contributed by atoms with van der Waals surface area (Å²) >= 11 is 0. The highest BCUT2D eigenvalue weighted by atomic mass is 15.1. The van der Waals surface area contributed by atoms with E-state index in [4.69, 9.17) is 4.98 Å². The van der Waals surface area contributed by atoms with Crippen molar-refractivity contribution in [1.82, 2.24) is 9.55 Å². The topological polar surface area (TPSA) is 17.8 Å². The molecule has 2 heteroatoms. The molecule has 1 aliphatic rings. The van der Waals surface area contributed by atoms with Crippen LogP contribution in [0.1, 0.15) is 25.0 Å². The highest BCUT2D eigenvalue weighted by Crippen LogP contribution is 2.53. The number of imidazole rings is 1. The SMILES string of the molecule is CC1(C)c2ccccc2-c2cc3c(-c4ccccc4)c4ccccc4c(-c4ccc(-c5nc6ccccc6n5-c5ccccc5)cc4)c3cc21. The first-order valence-corrected chi connectivity index (χ1v) is 17.4. The van der Waals surface area contributed by atoms with Gasteiger partial charge in [0.05, 0.1) is 11.0 Å². The number of hydrogen-bond acceptors (Lipinski definition) is 1. The van der Waals surface area contributed by atoms with Gasteiger partial charge < -0.3 is 0 Å².